The molecule has 0 fully saturated rings. The maximum absolute atomic E-state index is 15.1. The molecule has 1 rings (SSSR count). The van der Waals surface area contributed by atoms with Crippen LogP contribution in [-0.2, 0) is 6.42 Å². The van der Waals surface area contributed by atoms with Crippen LogP contribution < -0.4 is 9.47 Å². The minimum absolute atomic E-state index is 0.0576. The molecule has 4 nitrogen and oxygen atoms in total. The highest BCUT2D eigenvalue weighted by molar-refractivity contribution is 6.01. The van der Waals surface area contributed by atoms with Gasteiger partial charge in [-0.05, 0) is 75.9 Å². The minimum Gasteiger partial charge on any atom is -0.493 e. The molecule has 0 spiro atoms. The van der Waals surface area contributed by atoms with Gasteiger partial charge in [-0.25, -0.2) is 8.78 Å². The molecule has 0 saturated heterocycles. The van der Waals surface area contributed by atoms with Gasteiger partial charge in [0.05, 0.1) is 14.2 Å². The van der Waals surface area contributed by atoms with Gasteiger partial charge in [-0.15, -0.1) is 0 Å². The van der Waals surface area contributed by atoms with Gasteiger partial charge in [0.15, 0.2) is 23.5 Å². The van der Waals surface area contributed by atoms with Gasteiger partial charge in [0, 0.05) is 12.1 Å². The van der Waals surface area contributed by atoms with Crippen molar-refractivity contribution >= 4 is 5.78 Å². The van der Waals surface area contributed by atoms with E-state index < -0.39 is 12.0 Å². The largest absolute Gasteiger partial charge is 0.493 e. The van der Waals surface area contributed by atoms with Crippen molar-refractivity contribution in [3.8, 4) is 11.5 Å². The van der Waals surface area contributed by atoms with Gasteiger partial charge in [-0.3, -0.25) is 4.79 Å². The van der Waals surface area contributed by atoms with Crippen LogP contribution in [0.25, 0.3) is 0 Å². The number of hydrogen-bond donors (Lipinski definition) is 0. The van der Waals surface area contributed by atoms with Crippen LogP contribution in [-0.4, -0.2) is 51.2 Å². The Bertz CT molecular complexity index is 805. The monoisotopic (exact) mass is 451 g/mol. The molecule has 0 bridgehead atoms. The first kappa shape index (κ1) is 27.8. The summed E-state index contributed by atoms with van der Waals surface area (Å²) in [5.41, 5.74) is 1.74. The zero-order chi connectivity index (χ0) is 24.3. The van der Waals surface area contributed by atoms with Gasteiger partial charge in [-0.1, -0.05) is 32.4 Å². The Hall–Kier alpha value is -2.21. The third-order valence-electron chi connectivity index (χ3n) is 5.93. The summed E-state index contributed by atoms with van der Waals surface area (Å²) in [5.74, 6) is 0.272. The van der Waals surface area contributed by atoms with E-state index in [2.05, 4.69) is 0 Å². The molecule has 2 atom stereocenters. The van der Waals surface area contributed by atoms with E-state index >= 15 is 4.39 Å². The number of hydrogen-bond acceptors (Lipinski definition) is 4. The van der Waals surface area contributed by atoms with Crippen molar-refractivity contribution in [3.05, 3.63) is 46.8 Å². The van der Waals surface area contributed by atoms with Gasteiger partial charge in [0.1, 0.15) is 5.83 Å². The Labute approximate surface area is 192 Å². The summed E-state index contributed by atoms with van der Waals surface area (Å²) in [6.07, 6.45) is 3.91. The number of aryl methyl sites for hydroxylation is 1. The second-order valence-corrected chi connectivity index (χ2v) is 8.04. The van der Waals surface area contributed by atoms with E-state index in [0.29, 0.717) is 42.1 Å². The fraction of sp³-hybridized carbons (Fsp3) is 0.577. The number of methoxy groups -OCH3 is 2. The second-order valence-electron chi connectivity index (χ2n) is 8.04. The lowest BCUT2D eigenvalue weighted by atomic mass is 9.90. The van der Waals surface area contributed by atoms with E-state index in [1.165, 1.54) is 20.3 Å². The number of halogens is 2. The molecule has 1 aromatic rings. The van der Waals surface area contributed by atoms with E-state index in [9.17, 15) is 9.18 Å². The van der Waals surface area contributed by atoms with Gasteiger partial charge >= 0.3 is 0 Å². The number of carbonyl (C=O) groups excluding carboxylic acids is 1. The topological polar surface area (TPSA) is 38.8 Å². The van der Waals surface area contributed by atoms with Crippen molar-refractivity contribution in [2.45, 2.75) is 59.5 Å². The molecule has 0 saturated carbocycles. The highest BCUT2D eigenvalue weighted by Gasteiger charge is 2.26. The first-order chi connectivity index (χ1) is 15.3. The van der Waals surface area contributed by atoms with Crippen LogP contribution >= 0.6 is 0 Å². The molecular formula is C26H39F2NO3. The van der Waals surface area contributed by atoms with Gasteiger partial charge < -0.3 is 14.4 Å². The van der Waals surface area contributed by atoms with Crippen molar-refractivity contribution in [1.82, 2.24) is 4.90 Å². The van der Waals surface area contributed by atoms with Crippen molar-refractivity contribution < 1.29 is 23.0 Å². The van der Waals surface area contributed by atoms with Gasteiger partial charge in [-0.2, -0.15) is 0 Å². The Morgan fingerprint density at radius 2 is 1.75 bits per heavy atom. The number of nitrogens with zero attached hydrogens (tertiary/aromatic N) is 1. The van der Waals surface area contributed by atoms with Crippen LogP contribution in [0.3, 0.4) is 0 Å². The van der Waals surface area contributed by atoms with Crippen LogP contribution in [0, 0.1) is 5.92 Å². The van der Waals surface area contributed by atoms with Gasteiger partial charge in [0.25, 0.3) is 0 Å². The summed E-state index contributed by atoms with van der Waals surface area (Å²) in [7, 11) is 4.95. The molecule has 32 heavy (non-hydrogen) atoms. The number of rotatable bonds is 14. The fourth-order valence-corrected chi connectivity index (χ4v) is 3.76. The smallest absolute Gasteiger partial charge is 0.197 e. The molecule has 0 amide bonds. The molecular weight excluding hydrogens is 412 g/mol. The summed E-state index contributed by atoms with van der Waals surface area (Å²) in [5, 5.41) is 0. The Kier molecular flexibility index (Phi) is 12.2. The molecule has 0 aliphatic heterocycles. The number of ketones is 1. The highest BCUT2D eigenvalue weighted by atomic mass is 19.1. The first-order valence-corrected chi connectivity index (χ1v) is 11.3. The molecule has 0 heterocycles. The number of Topliss-reactive ketones (excluding diaryl/α,β-unsaturated/α-hetero) is 1. The third kappa shape index (κ3) is 7.73. The fourth-order valence-electron chi connectivity index (χ4n) is 3.76. The van der Waals surface area contributed by atoms with Crippen molar-refractivity contribution in [2.75, 3.05) is 34.4 Å². The maximum Gasteiger partial charge on any atom is 0.197 e. The molecule has 0 N–H and O–H groups in total. The maximum atomic E-state index is 15.1. The highest BCUT2D eigenvalue weighted by Crippen LogP contribution is 2.32. The van der Waals surface area contributed by atoms with Crippen LogP contribution in [0.5, 0.6) is 11.5 Å². The summed E-state index contributed by atoms with van der Waals surface area (Å²) < 4.78 is 39.6. The number of alkyl halides is 1. The van der Waals surface area contributed by atoms with Crippen molar-refractivity contribution in [3.63, 3.8) is 0 Å². The second kappa shape index (κ2) is 14.0. The first-order valence-electron chi connectivity index (χ1n) is 11.3. The van der Waals surface area contributed by atoms with E-state index in [4.69, 9.17) is 9.47 Å². The Morgan fingerprint density at radius 1 is 1.12 bits per heavy atom. The lowest BCUT2D eigenvalue weighted by molar-refractivity contribution is 0.0843. The van der Waals surface area contributed by atoms with E-state index in [-0.39, 0.29) is 18.2 Å². The lowest BCUT2D eigenvalue weighted by Gasteiger charge is -2.23. The standard InChI is InChI=1S/C26H39F2NO3/c1-8-18(12-13-29(5)17-20(10-3)22(27)11-4)14-23(28)26(30)21-16-25(32-7)24(31-6)15-19(21)9-2/h10-11,15-16,18,23H,8-9,12-14,17H2,1-7H3/b20-10-,22-11+. The van der Waals surface area contributed by atoms with E-state index in [1.54, 1.807) is 25.1 Å². The van der Waals surface area contributed by atoms with Crippen LogP contribution in [0.2, 0.25) is 0 Å². The summed E-state index contributed by atoms with van der Waals surface area (Å²) >= 11 is 0. The molecule has 0 aromatic heterocycles. The summed E-state index contributed by atoms with van der Waals surface area (Å²) in [4.78, 5) is 15.0. The molecule has 0 aliphatic carbocycles. The molecule has 180 valence electrons. The molecule has 0 radical (unpaired) electrons. The summed E-state index contributed by atoms with van der Waals surface area (Å²) in [6.45, 7) is 8.61. The number of allylic oxidation sites excluding steroid dienone is 2. The number of benzene rings is 1. The molecule has 6 heteroatoms. The van der Waals surface area contributed by atoms with Crippen molar-refractivity contribution in [1.29, 1.82) is 0 Å². The van der Waals surface area contributed by atoms with Crippen molar-refractivity contribution in [2.24, 2.45) is 5.92 Å². The van der Waals surface area contributed by atoms with E-state index in [1.807, 2.05) is 32.7 Å². The average Bonchev–Trinajstić information content (AvgIpc) is 2.82. The Balaban J connectivity index is 2.83. The van der Waals surface area contributed by atoms with Gasteiger partial charge in [0.2, 0.25) is 0 Å². The Morgan fingerprint density at radius 3 is 2.25 bits per heavy atom. The molecule has 1 aromatic carbocycles. The normalized spacial score (nSPS) is 14.4. The third-order valence-corrected chi connectivity index (χ3v) is 5.93. The quantitative estimate of drug-likeness (QED) is 0.244. The van der Waals surface area contributed by atoms with Crippen LogP contribution in [0.15, 0.2) is 35.7 Å². The van der Waals surface area contributed by atoms with Crippen LogP contribution in [0.1, 0.15) is 62.9 Å². The molecule has 0 aliphatic rings. The predicted octanol–water partition coefficient (Wildman–Crippen LogP) is 6.34. The predicted molar refractivity (Wildman–Crippen MR) is 127 cm³/mol. The number of ether oxygens (including phenoxy) is 2. The van der Waals surface area contributed by atoms with Crippen LogP contribution in [0.4, 0.5) is 8.78 Å². The number of likely N-dealkylation sites (N-methyl/N-ethyl adjacent to an activating group) is 1. The summed E-state index contributed by atoms with van der Waals surface area (Å²) in [6, 6.07) is 3.32. The number of carbonyl (C=O) groups is 1. The minimum atomic E-state index is -1.58. The average molecular weight is 452 g/mol. The zero-order valence-electron chi connectivity index (χ0n) is 20.6. The lowest BCUT2D eigenvalue weighted by Crippen LogP contribution is -2.26. The molecule has 2 unspecified atom stereocenters. The zero-order valence-corrected chi connectivity index (χ0v) is 20.6. The SMILES string of the molecule is C/C=C(CN(C)CCC(CC)CC(F)C(=O)c1cc(OC)c(OC)cc1CC)\C(F)=C/C. The van der Waals surface area contributed by atoms with E-state index in [0.717, 1.165) is 18.4 Å².